The van der Waals surface area contributed by atoms with Crippen LogP contribution in [-0.4, -0.2) is 12.1 Å². The van der Waals surface area contributed by atoms with Gasteiger partial charge in [-0.25, -0.2) is 0 Å². The Morgan fingerprint density at radius 3 is 1.88 bits per heavy atom. The van der Waals surface area contributed by atoms with Crippen molar-refractivity contribution in [3.63, 3.8) is 0 Å². The monoisotopic (exact) mass is 474 g/mol. The van der Waals surface area contributed by atoms with Crippen molar-refractivity contribution >= 4 is 5.97 Å². The maximum absolute atomic E-state index is 12.9. The smallest absolute Gasteiger partial charge is 0.309 e. The molecule has 0 spiro atoms. The Balaban J connectivity index is 1.25. The third-order valence-electron chi connectivity index (χ3n) is 10.1. The molecule has 3 saturated carbocycles. The molecule has 3 fully saturated rings. The van der Waals surface area contributed by atoms with Gasteiger partial charge in [-0.2, -0.15) is 0 Å². The zero-order chi connectivity index (χ0) is 24.2. The number of rotatable bonds is 13. The van der Waals surface area contributed by atoms with E-state index in [1.165, 1.54) is 109 Å². The van der Waals surface area contributed by atoms with E-state index >= 15 is 0 Å². The van der Waals surface area contributed by atoms with Gasteiger partial charge in [-0.3, -0.25) is 4.79 Å². The lowest BCUT2D eigenvalue weighted by atomic mass is 9.68. The molecule has 0 aromatic rings. The Bertz CT molecular complexity index is 533. The van der Waals surface area contributed by atoms with Crippen molar-refractivity contribution in [1.82, 2.24) is 0 Å². The second kappa shape index (κ2) is 15.6. The molecule has 0 saturated heterocycles. The van der Waals surface area contributed by atoms with Crippen molar-refractivity contribution in [3.05, 3.63) is 0 Å². The van der Waals surface area contributed by atoms with Gasteiger partial charge in [0.15, 0.2) is 0 Å². The molecule has 3 rings (SSSR count). The van der Waals surface area contributed by atoms with Gasteiger partial charge < -0.3 is 4.74 Å². The molecule has 0 aliphatic heterocycles. The van der Waals surface area contributed by atoms with E-state index in [2.05, 4.69) is 20.8 Å². The Labute approximate surface area is 212 Å². The molecule has 0 N–H and O–H groups in total. The molecule has 3 aliphatic rings. The minimum absolute atomic E-state index is 0.148. The lowest BCUT2D eigenvalue weighted by molar-refractivity contribution is -0.157. The number of hydrogen-bond donors (Lipinski definition) is 0. The highest BCUT2D eigenvalue weighted by molar-refractivity contribution is 5.72. The average molecular weight is 475 g/mol. The van der Waals surface area contributed by atoms with Crippen LogP contribution >= 0.6 is 0 Å². The fourth-order valence-electron chi connectivity index (χ4n) is 7.47. The molecule has 0 aromatic heterocycles. The molecular weight excluding hydrogens is 416 g/mol. The van der Waals surface area contributed by atoms with Crippen molar-refractivity contribution < 1.29 is 9.53 Å². The van der Waals surface area contributed by atoms with Crippen molar-refractivity contribution in [3.8, 4) is 0 Å². The zero-order valence-corrected chi connectivity index (χ0v) is 23.2. The van der Waals surface area contributed by atoms with Crippen LogP contribution in [0, 0.1) is 35.5 Å². The quantitative estimate of drug-likeness (QED) is 0.196. The minimum Gasteiger partial charge on any atom is -0.462 e. The van der Waals surface area contributed by atoms with E-state index in [0.29, 0.717) is 0 Å². The highest BCUT2D eigenvalue weighted by Gasteiger charge is 2.34. The summed E-state index contributed by atoms with van der Waals surface area (Å²) in [6.07, 6.45) is 28.1. The highest BCUT2D eigenvalue weighted by Crippen LogP contribution is 2.43. The predicted molar refractivity (Wildman–Crippen MR) is 145 cm³/mol. The van der Waals surface area contributed by atoms with Crippen molar-refractivity contribution in [2.45, 2.75) is 162 Å². The molecule has 2 heteroatoms. The topological polar surface area (TPSA) is 26.3 Å². The third kappa shape index (κ3) is 9.50. The van der Waals surface area contributed by atoms with Gasteiger partial charge in [-0.1, -0.05) is 85.0 Å². The van der Waals surface area contributed by atoms with Crippen LogP contribution in [0.15, 0.2) is 0 Å². The van der Waals surface area contributed by atoms with Gasteiger partial charge in [-0.15, -0.1) is 0 Å². The SMILES string of the molecule is CCCCCCCCC1CCC(OC(=O)C2CCC(C3CCC(CC(C)CC)CC3)CC2)CC1. The molecule has 1 atom stereocenters. The first-order valence-electron chi connectivity index (χ1n) is 15.8. The number of esters is 1. The Morgan fingerprint density at radius 1 is 0.706 bits per heavy atom. The van der Waals surface area contributed by atoms with Gasteiger partial charge >= 0.3 is 5.97 Å². The van der Waals surface area contributed by atoms with Crippen LogP contribution in [-0.2, 0) is 9.53 Å². The molecule has 0 heterocycles. The van der Waals surface area contributed by atoms with E-state index in [1.54, 1.807) is 0 Å². The summed E-state index contributed by atoms with van der Waals surface area (Å²) in [5.41, 5.74) is 0. The summed E-state index contributed by atoms with van der Waals surface area (Å²) in [5, 5.41) is 0. The van der Waals surface area contributed by atoms with Crippen molar-refractivity contribution in [2.24, 2.45) is 35.5 Å². The number of hydrogen-bond acceptors (Lipinski definition) is 2. The van der Waals surface area contributed by atoms with Crippen molar-refractivity contribution in [1.29, 1.82) is 0 Å². The molecule has 2 nitrogen and oxygen atoms in total. The van der Waals surface area contributed by atoms with Gasteiger partial charge in [0.05, 0.1) is 5.92 Å². The van der Waals surface area contributed by atoms with Gasteiger partial charge in [0.1, 0.15) is 6.10 Å². The van der Waals surface area contributed by atoms with Crippen LogP contribution in [0.25, 0.3) is 0 Å². The number of carbonyl (C=O) groups is 1. The van der Waals surface area contributed by atoms with Crippen LogP contribution in [0.4, 0.5) is 0 Å². The Kier molecular flexibility index (Phi) is 12.8. The first-order chi connectivity index (χ1) is 16.6. The second-order valence-electron chi connectivity index (χ2n) is 12.8. The second-order valence-corrected chi connectivity index (χ2v) is 12.8. The van der Waals surface area contributed by atoms with Crippen LogP contribution in [0.5, 0.6) is 0 Å². The fraction of sp³-hybridized carbons (Fsp3) is 0.969. The number of unbranched alkanes of at least 4 members (excludes halogenated alkanes) is 5. The standard InChI is InChI=1S/C32H58O2/c1-4-6-7-8-9-10-11-26-14-22-31(23-15-26)34-32(33)30-20-18-29(19-21-30)28-16-12-27(13-17-28)24-25(3)5-2/h25-31H,4-24H2,1-3H3. The number of ether oxygens (including phenoxy) is 1. The van der Waals surface area contributed by atoms with E-state index in [-0.39, 0.29) is 18.0 Å². The van der Waals surface area contributed by atoms with E-state index < -0.39 is 0 Å². The molecule has 0 radical (unpaired) electrons. The van der Waals surface area contributed by atoms with E-state index in [9.17, 15) is 4.79 Å². The maximum Gasteiger partial charge on any atom is 0.309 e. The molecule has 1 unspecified atom stereocenters. The summed E-state index contributed by atoms with van der Waals surface area (Å²) in [4.78, 5) is 12.9. The summed E-state index contributed by atoms with van der Waals surface area (Å²) in [5.74, 6) is 4.93. The first-order valence-corrected chi connectivity index (χ1v) is 15.8. The average Bonchev–Trinajstić information content (AvgIpc) is 2.87. The zero-order valence-electron chi connectivity index (χ0n) is 23.2. The number of carbonyl (C=O) groups excluding carboxylic acids is 1. The van der Waals surface area contributed by atoms with Gasteiger partial charge in [0, 0.05) is 0 Å². The summed E-state index contributed by atoms with van der Waals surface area (Å²) in [7, 11) is 0. The van der Waals surface area contributed by atoms with Gasteiger partial charge in [0.25, 0.3) is 0 Å². The van der Waals surface area contributed by atoms with Crippen LogP contribution in [0.2, 0.25) is 0 Å². The van der Waals surface area contributed by atoms with Crippen LogP contribution < -0.4 is 0 Å². The lowest BCUT2D eigenvalue weighted by Gasteiger charge is -2.38. The fourth-order valence-corrected chi connectivity index (χ4v) is 7.47. The van der Waals surface area contributed by atoms with E-state index in [1.807, 2.05) is 0 Å². The predicted octanol–water partition coefficient (Wildman–Crippen LogP) is 9.89. The normalized spacial score (nSPS) is 33.4. The van der Waals surface area contributed by atoms with Gasteiger partial charge in [0.2, 0.25) is 0 Å². The molecule has 34 heavy (non-hydrogen) atoms. The molecule has 3 aliphatic carbocycles. The minimum atomic E-state index is 0.148. The maximum atomic E-state index is 12.9. The van der Waals surface area contributed by atoms with Gasteiger partial charge in [-0.05, 0) is 100 Å². The summed E-state index contributed by atoms with van der Waals surface area (Å²) in [6.45, 7) is 7.05. The third-order valence-corrected chi connectivity index (χ3v) is 10.1. The molecule has 198 valence electrons. The molecule has 0 amide bonds. The summed E-state index contributed by atoms with van der Waals surface area (Å²) in [6, 6.07) is 0. The van der Waals surface area contributed by atoms with E-state index in [4.69, 9.17) is 4.74 Å². The molecule has 0 aromatic carbocycles. The molecule has 0 bridgehead atoms. The summed E-state index contributed by atoms with van der Waals surface area (Å²) < 4.78 is 6.05. The highest BCUT2D eigenvalue weighted by atomic mass is 16.5. The first kappa shape index (κ1) is 28.0. The Hall–Kier alpha value is -0.530. The van der Waals surface area contributed by atoms with Crippen LogP contribution in [0.1, 0.15) is 156 Å². The molecular formula is C32H58O2. The Morgan fingerprint density at radius 2 is 1.26 bits per heavy atom. The lowest BCUT2D eigenvalue weighted by Crippen LogP contribution is -2.32. The van der Waals surface area contributed by atoms with Crippen molar-refractivity contribution in [2.75, 3.05) is 0 Å². The summed E-state index contributed by atoms with van der Waals surface area (Å²) >= 11 is 0. The largest absolute Gasteiger partial charge is 0.462 e. The van der Waals surface area contributed by atoms with E-state index in [0.717, 1.165) is 55.3 Å². The van der Waals surface area contributed by atoms with Crippen LogP contribution in [0.3, 0.4) is 0 Å².